The van der Waals surface area contributed by atoms with Gasteiger partial charge in [0.05, 0.1) is 4.90 Å². The second kappa shape index (κ2) is 6.49. The highest BCUT2D eigenvalue weighted by molar-refractivity contribution is 7.89. The number of nitrogens with two attached hydrogens (primary N) is 1. The van der Waals surface area contributed by atoms with Crippen molar-refractivity contribution < 1.29 is 13.2 Å². The molecule has 23 heavy (non-hydrogen) atoms. The van der Waals surface area contributed by atoms with Crippen molar-refractivity contribution in [1.29, 1.82) is 0 Å². The van der Waals surface area contributed by atoms with Crippen molar-refractivity contribution in [1.82, 2.24) is 0 Å². The van der Waals surface area contributed by atoms with Crippen molar-refractivity contribution in [2.45, 2.75) is 18.7 Å². The average molecular weight is 373 g/mol. The molecule has 0 aliphatic heterocycles. The summed E-state index contributed by atoms with van der Waals surface area (Å²) in [7, 11) is -3.87. The Morgan fingerprint density at radius 1 is 1.04 bits per heavy atom. The molecule has 8 heteroatoms. The largest absolute Gasteiger partial charge is 0.322 e. The number of amides is 1. The third-order valence-corrected chi connectivity index (χ3v) is 4.67. The molecule has 0 saturated carbocycles. The summed E-state index contributed by atoms with van der Waals surface area (Å²) >= 11 is 11.8. The van der Waals surface area contributed by atoms with Gasteiger partial charge in [0.25, 0.3) is 5.91 Å². The van der Waals surface area contributed by atoms with Crippen molar-refractivity contribution in [2.75, 3.05) is 5.32 Å². The lowest BCUT2D eigenvalue weighted by Crippen LogP contribution is -2.16. The standard InChI is InChI=1S/C15H14Cl2N2O3S/c1-8-3-13(23(18,21)22)7-14(9(8)2)19-15(20)10-4-11(16)6-12(17)5-10/h3-7H,1-2H3,(H,19,20)(H2,18,21,22). The second-order valence-electron chi connectivity index (χ2n) is 5.07. The Morgan fingerprint density at radius 3 is 2.13 bits per heavy atom. The summed E-state index contributed by atoms with van der Waals surface area (Å²) in [5.74, 6) is -0.455. The molecular weight excluding hydrogens is 359 g/mol. The maximum absolute atomic E-state index is 12.3. The molecule has 0 aromatic heterocycles. The van der Waals surface area contributed by atoms with Gasteiger partial charge in [0.1, 0.15) is 0 Å². The smallest absolute Gasteiger partial charge is 0.255 e. The molecule has 2 aromatic carbocycles. The lowest BCUT2D eigenvalue weighted by atomic mass is 10.1. The molecule has 0 heterocycles. The summed E-state index contributed by atoms with van der Waals surface area (Å²) in [6.45, 7) is 3.50. The topological polar surface area (TPSA) is 89.3 Å². The van der Waals surface area contributed by atoms with Crippen molar-refractivity contribution in [3.05, 3.63) is 57.1 Å². The number of benzene rings is 2. The number of halogens is 2. The summed E-state index contributed by atoms with van der Waals surface area (Å²) in [5, 5.41) is 8.46. The maximum atomic E-state index is 12.3. The van der Waals surface area contributed by atoms with Crippen LogP contribution in [0, 0.1) is 13.8 Å². The zero-order valence-electron chi connectivity index (χ0n) is 12.4. The third-order valence-electron chi connectivity index (χ3n) is 3.34. The predicted molar refractivity (Wildman–Crippen MR) is 91.7 cm³/mol. The van der Waals surface area contributed by atoms with Gasteiger partial charge in [0, 0.05) is 21.3 Å². The first-order valence-corrected chi connectivity index (χ1v) is 8.79. The van der Waals surface area contributed by atoms with E-state index in [1.807, 2.05) is 0 Å². The molecule has 5 nitrogen and oxygen atoms in total. The number of anilines is 1. The van der Waals surface area contributed by atoms with Gasteiger partial charge in [0.15, 0.2) is 0 Å². The van der Waals surface area contributed by atoms with Crippen molar-refractivity contribution in [3.63, 3.8) is 0 Å². The van der Waals surface area contributed by atoms with Gasteiger partial charge in [-0.15, -0.1) is 0 Å². The van der Waals surface area contributed by atoms with Gasteiger partial charge < -0.3 is 5.32 Å². The molecule has 3 N–H and O–H groups in total. The summed E-state index contributed by atoms with van der Waals surface area (Å²) in [6.07, 6.45) is 0. The Kier molecular flexibility index (Phi) is 5.01. The van der Waals surface area contributed by atoms with Gasteiger partial charge in [-0.1, -0.05) is 23.2 Å². The number of hydrogen-bond donors (Lipinski definition) is 2. The highest BCUT2D eigenvalue weighted by Crippen LogP contribution is 2.25. The van der Waals surface area contributed by atoms with Gasteiger partial charge in [0.2, 0.25) is 10.0 Å². The molecule has 0 spiro atoms. The van der Waals surface area contributed by atoms with Gasteiger partial charge in [-0.2, -0.15) is 0 Å². The highest BCUT2D eigenvalue weighted by Gasteiger charge is 2.15. The van der Waals surface area contributed by atoms with Crippen LogP contribution in [0.5, 0.6) is 0 Å². The minimum absolute atomic E-state index is 0.0694. The van der Waals surface area contributed by atoms with Crippen LogP contribution in [0.4, 0.5) is 5.69 Å². The minimum atomic E-state index is -3.87. The fraction of sp³-hybridized carbons (Fsp3) is 0.133. The monoisotopic (exact) mass is 372 g/mol. The fourth-order valence-electron chi connectivity index (χ4n) is 2.00. The van der Waals surface area contributed by atoms with Crippen LogP contribution in [0.1, 0.15) is 21.5 Å². The molecule has 0 atom stereocenters. The Morgan fingerprint density at radius 2 is 1.61 bits per heavy atom. The van der Waals surface area contributed by atoms with Gasteiger partial charge in [-0.25, -0.2) is 13.6 Å². The normalized spacial score (nSPS) is 11.3. The Hall–Kier alpha value is -1.60. The zero-order chi connectivity index (χ0) is 17.4. The quantitative estimate of drug-likeness (QED) is 0.863. The lowest BCUT2D eigenvalue weighted by molar-refractivity contribution is 0.102. The number of carbonyl (C=O) groups excluding carboxylic acids is 1. The molecule has 0 fully saturated rings. The van der Waals surface area contributed by atoms with Crippen LogP contribution in [-0.2, 0) is 10.0 Å². The van der Waals surface area contributed by atoms with Crippen LogP contribution in [0.25, 0.3) is 0 Å². The van der Waals surface area contributed by atoms with E-state index < -0.39 is 15.9 Å². The molecule has 0 aliphatic rings. The number of rotatable bonds is 3. The summed E-state index contributed by atoms with van der Waals surface area (Å²) in [4.78, 5) is 12.3. The molecule has 122 valence electrons. The van der Waals surface area contributed by atoms with E-state index in [4.69, 9.17) is 28.3 Å². The first-order valence-electron chi connectivity index (χ1n) is 6.49. The summed E-state index contributed by atoms with van der Waals surface area (Å²) < 4.78 is 23.0. The van der Waals surface area contributed by atoms with Gasteiger partial charge in [-0.05, 0) is 55.3 Å². The molecule has 2 aromatic rings. The van der Waals surface area contributed by atoms with Gasteiger partial charge >= 0.3 is 0 Å². The van der Waals surface area contributed by atoms with Crippen LogP contribution in [0.15, 0.2) is 35.2 Å². The van der Waals surface area contributed by atoms with Gasteiger partial charge in [-0.3, -0.25) is 4.79 Å². The summed E-state index contributed by atoms with van der Waals surface area (Å²) in [5.41, 5.74) is 2.05. The predicted octanol–water partition coefficient (Wildman–Crippen LogP) is 3.51. The molecule has 0 saturated heterocycles. The van der Waals surface area contributed by atoms with Crippen molar-refractivity contribution in [2.24, 2.45) is 5.14 Å². The molecule has 1 amide bonds. The average Bonchev–Trinajstić information content (AvgIpc) is 2.41. The zero-order valence-corrected chi connectivity index (χ0v) is 14.7. The summed E-state index contributed by atoms with van der Waals surface area (Å²) in [6, 6.07) is 7.22. The van der Waals surface area contributed by atoms with E-state index in [0.717, 1.165) is 5.56 Å². The van der Waals surface area contributed by atoms with Crippen molar-refractivity contribution in [3.8, 4) is 0 Å². The van der Waals surface area contributed by atoms with Crippen LogP contribution >= 0.6 is 23.2 Å². The maximum Gasteiger partial charge on any atom is 0.255 e. The minimum Gasteiger partial charge on any atom is -0.322 e. The number of primary sulfonamides is 1. The third kappa shape index (κ3) is 4.23. The Balaban J connectivity index is 2.43. The van der Waals surface area contributed by atoms with E-state index in [-0.39, 0.29) is 10.5 Å². The first-order chi connectivity index (χ1) is 10.6. The lowest BCUT2D eigenvalue weighted by Gasteiger charge is -2.13. The number of carbonyl (C=O) groups is 1. The van der Waals surface area contributed by atoms with E-state index in [0.29, 0.717) is 21.3 Å². The number of nitrogens with one attached hydrogen (secondary N) is 1. The Labute approximate surface area is 144 Å². The number of aryl methyl sites for hydroxylation is 1. The molecule has 0 bridgehead atoms. The SMILES string of the molecule is Cc1cc(S(N)(=O)=O)cc(NC(=O)c2cc(Cl)cc(Cl)c2)c1C. The van der Waals surface area contributed by atoms with Crippen molar-refractivity contribution >= 4 is 44.8 Å². The van der Waals surface area contributed by atoms with E-state index in [1.54, 1.807) is 13.8 Å². The van der Waals surface area contributed by atoms with Crippen LogP contribution in [-0.4, -0.2) is 14.3 Å². The molecule has 2 rings (SSSR count). The van der Waals surface area contributed by atoms with Crippen LogP contribution in [0.2, 0.25) is 10.0 Å². The highest BCUT2D eigenvalue weighted by atomic mass is 35.5. The van der Waals surface area contributed by atoms with E-state index >= 15 is 0 Å². The molecule has 0 aliphatic carbocycles. The molecular formula is C15H14Cl2N2O3S. The van der Waals surface area contributed by atoms with Crippen LogP contribution < -0.4 is 10.5 Å². The number of sulfonamides is 1. The molecule has 0 unspecified atom stereocenters. The van der Waals surface area contributed by atoms with Crippen LogP contribution in [0.3, 0.4) is 0 Å². The fourth-order valence-corrected chi connectivity index (χ4v) is 3.15. The number of hydrogen-bond acceptors (Lipinski definition) is 3. The Bertz CT molecular complexity index is 876. The first kappa shape index (κ1) is 17.7. The second-order valence-corrected chi connectivity index (χ2v) is 7.50. The van der Waals surface area contributed by atoms with E-state index in [2.05, 4.69) is 5.32 Å². The van der Waals surface area contributed by atoms with E-state index in [9.17, 15) is 13.2 Å². The van der Waals surface area contributed by atoms with E-state index in [1.165, 1.54) is 30.3 Å². The molecule has 0 radical (unpaired) electrons.